The van der Waals surface area contributed by atoms with Crippen molar-refractivity contribution in [2.45, 2.75) is 25.5 Å². The maximum absolute atomic E-state index is 10.8. The second-order valence-electron chi connectivity index (χ2n) is 5.59. The third-order valence-corrected chi connectivity index (χ3v) is 3.87. The van der Waals surface area contributed by atoms with Crippen molar-refractivity contribution in [1.29, 1.82) is 0 Å². The molecule has 0 aliphatic rings. The van der Waals surface area contributed by atoms with E-state index in [-0.39, 0.29) is 11.6 Å². The number of carboxylic acid groups (broad SMARTS) is 1. The summed E-state index contributed by atoms with van der Waals surface area (Å²) in [4.78, 5) is 10.8. The second kappa shape index (κ2) is 8.11. The number of carbonyl (C=O) groups is 1. The fourth-order valence-corrected chi connectivity index (χ4v) is 2.55. The largest absolute Gasteiger partial charge is 0.478 e. The lowest BCUT2D eigenvalue weighted by atomic mass is 10.0. The molecule has 0 amide bonds. The van der Waals surface area contributed by atoms with E-state index in [1.54, 1.807) is 24.3 Å². The van der Waals surface area contributed by atoms with Crippen LogP contribution in [-0.4, -0.2) is 28.8 Å². The lowest BCUT2D eigenvalue weighted by Crippen LogP contribution is -2.32. The molecule has 3 N–H and O–H groups in total. The number of hydrogen-bond acceptors (Lipinski definition) is 3. The van der Waals surface area contributed by atoms with E-state index in [1.807, 2.05) is 31.2 Å². The number of benzene rings is 2. The zero-order valence-electron chi connectivity index (χ0n) is 12.9. The Morgan fingerprint density at radius 2 is 1.91 bits per heavy atom. The fraction of sp³-hybridized carbons (Fsp3) is 0.278. The topological polar surface area (TPSA) is 69.6 Å². The number of halogens is 1. The van der Waals surface area contributed by atoms with Gasteiger partial charge in [0.2, 0.25) is 0 Å². The van der Waals surface area contributed by atoms with Gasteiger partial charge in [0.05, 0.1) is 11.7 Å². The van der Waals surface area contributed by atoms with Crippen molar-refractivity contribution in [3.8, 4) is 0 Å². The number of aromatic carboxylic acids is 1. The molecule has 0 saturated carbocycles. The molecule has 4 nitrogen and oxygen atoms in total. The molecule has 0 aromatic heterocycles. The van der Waals surface area contributed by atoms with Gasteiger partial charge in [0, 0.05) is 17.6 Å². The van der Waals surface area contributed by atoms with Crippen molar-refractivity contribution in [2.75, 3.05) is 6.54 Å². The first-order valence-electron chi connectivity index (χ1n) is 7.45. The third-order valence-electron chi connectivity index (χ3n) is 3.64. The van der Waals surface area contributed by atoms with E-state index in [0.717, 1.165) is 17.5 Å². The van der Waals surface area contributed by atoms with Crippen LogP contribution < -0.4 is 5.32 Å². The summed E-state index contributed by atoms with van der Waals surface area (Å²) in [6.45, 7) is 2.45. The van der Waals surface area contributed by atoms with Crippen molar-refractivity contribution >= 4 is 17.6 Å². The average molecular weight is 334 g/mol. The highest BCUT2D eigenvalue weighted by Crippen LogP contribution is 2.17. The molecule has 2 aromatic rings. The summed E-state index contributed by atoms with van der Waals surface area (Å²) in [6, 6.07) is 14.2. The highest BCUT2D eigenvalue weighted by atomic mass is 35.5. The van der Waals surface area contributed by atoms with E-state index in [4.69, 9.17) is 16.7 Å². The first kappa shape index (κ1) is 17.5. The molecule has 0 heterocycles. The molecule has 23 heavy (non-hydrogen) atoms. The molecule has 0 aliphatic carbocycles. The lowest BCUT2D eigenvalue weighted by molar-refractivity contribution is 0.0697. The summed E-state index contributed by atoms with van der Waals surface area (Å²) in [5.41, 5.74) is 2.11. The van der Waals surface area contributed by atoms with Gasteiger partial charge in [-0.3, -0.25) is 0 Å². The van der Waals surface area contributed by atoms with Gasteiger partial charge in [-0.25, -0.2) is 4.79 Å². The van der Waals surface area contributed by atoms with Crippen LogP contribution in [0.15, 0.2) is 48.5 Å². The van der Waals surface area contributed by atoms with Gasteiger partial charge in [-0.1, -0.05) is 35.9 Å². The molecule has 0 spiro atoms. The van der Waals surface area contributed by atoms with Crippen LogP contribution in [0.3, 0.4) is 0 Å². The minimum Gasteiger partial charge on any atom is -0.478 e. The molecule has 0 bridgehead atoms. The van der Waals surface area contributed by atoms with Crippen LogP contribution in [0.5, 0.6) is 0 Å². The van der Waals surface area contributed by atoms with E-state index in [1.165, 1.54) is 0 Å². The van der Waals surface area contributed by atoms with Crippen molar-refractivity contribution in [3.05, 3.63) is 70.2 Å². The Labute approximate surface area is 140 Å². The standard InChI is InChI=1S/C18H20ClNO3/c1-12(9-13-5-7-14(8-6-13)18(22)23)20-11-17(21)15-3-2-4-16(19)10-15/h2-8,10,12,17,20-21H,9,11H2,1H3,(H,22,23)/t12?,17-/m0/s1. The second-order valence-corrected chi connectivity index (χ2v) is 6.02. The zero-order chi connectivity index (χ0) is 16.8. The van der Waals surface area contributed by atoms with Crippen LogP contribution in [-0.2, 0) is 6.42 Å². The lowest BCUT2D eigenvalue weighted by Gasteiger charge is -2.18. The van der Waals surface area contributed by atoms with Crippen LogP contribution in [0.2, 0.25) is 5.02 Å². The number of aliphatic hydroxyl groups is 1. The summed E-state index contributed by atoms with van der Waals surface area (Å²) in [5.74, 6) is -0.924. The molecule has 0 radical (unpaired) electrons. The molecular weight excluding hydrogens is 314 g/mol. The Hall–Kier alpha value is -1.88. The van der Waals surface area contributed by atoms with Gasteiger partial charge in [-0.2, -0.15) is 0 Å². The normalized spacial score (nSPS) is 13.5. The molecule has 2 aromatic carbocycles. The SMILES string of the molecule is CC(Cc1ccc(C(=O)O)cc1)NC[C@H](O)c1cccc(Cl)c1. The summed E-state index contributed by atoms with van der Waals surface area (Å²) in [6.07, 6.45) is 0.132. The van der Waals surface area contributed by atoms with Gasteiger partial charge in [-0.15, -0.1) is 0 Å². The van der Waals surface area contributed by atoms with Crippen molar-refractivity contribution in [2.24, 2.45) is 0 Å². The molecule has 0 saturated heterocycles. The van der Waals surface area contributed by atoms with Gasteiger partial charge < -0.3 is 15.5 Å². The van der Waals surface area contributed by atoms with Gasteiger partial charge >= 0.3 is 5.97 Å². The van der Waals surface area contributed by atoms with Gasteiger partial charge in [0.15, 0.2) is 0 Å². The molecular formula is C18H20ClNO3. The first-order valence-corrected chi connectivity index (χ1v) is 7.82. The van der Waals surface area contributed by atoms with E-state index >= 15 is 0 Å². The molecule has 5 heteroatoms. The van der Waals surface area contributed by atoms with Crippen molar-refractivity contribution < 1.29 is 15.0 Å². The van der Waals surface area contributed by atoms with E-state index in [9.17, 15) is 9.90 Å². The Bertz CT molecular complexity index is 658. The number of carboxylic acids is 1. The Morgan fingerprint density at radius 1 is 1.22 bits per heavy atom. The highest BCUT2D eigenvalue weighted by molar-refractivity contribution is 6.30. The summed E-state index contributed by atoms with van der Waals surface area (Å²) < 4.78 is 0. The quantitative estimate of drug-likeness (QED) is 0.727. The van der Waals surface area contributed by atoms with E-state index < -0.39 is 12.1 Å². The van der Waals surface area contributed by atoms with Crippen molar-refractivity contribution in [1.82, 2.24) is 5.32 Å². The zero-order valence-corrected chi connectivity index (χ0v) is 13.6. The van der Waals surface area contributed by atoms with Crippen LogP contribution in [0, 0.1) is 0 Å². The Morgan fingerprint density at radius 3 is 2.52 bits per heavy atom. The van der Waals surface area contributed by atoms with Crippen LogP contribution in [0.4, 0.5) is 0 Å². The van der Waals surface area contributed by atoms with Crippen molar-refractivity contribution in [3.63, 3.8) is 0 Å². The maximum atomic E-state index is 10.8. The van der Waals surface area contributed by atoms with Crippen LogP contribution in [0.25, 0.3) is 0 Å². The van der Waals surface area contributed by atoms with Gasteiger partial charge in [0.1, 0.15) is 0 Å². The third kappa shape index (κ3) is 5.36. The summed E-state index contributed by atoms with van der Waals surface area (Å²) >= 11 is 5.92. The fourth-order valence-electron chi connectivity index (χ4n) is 2.35. The van der Waals surface area contributed by atoms with E-state index in [2.05, 4.69) is 5.32 Å². The molecule has 2 atom stereocenters. The minimum atomic E-state index is -0.924. The first-order chi connectivity index (χ1) is 11.0. The number of nitrogens with one attached hydrogen (secondary N) is 1. The maximum Gasteiger partial charge on any atom is 0.335 e. The predicted molar refractivity (Wildman–Crippen MR) is 91.0 cm³/mol. The Balaban J connectivity index is 1.84. The molecule has 0 aliphatic heterocycles. The van der Waals surface area contributed by atoms with Gasteiger partial charge in [-0.05, 0) is 48.7 Å². The van der Waals surface area contributed by atoms with E-state index in [0.29, 0.717) is 11.6 Å². The number of rotatable bonds is 7. The minimum absolute atomic E-state index is 0.152. The number of hydrogen-bond donors (Lipinski definition) is 3. The van der Waals surface area contributed by atoms with Crippen LogP contribution in [0.1, 0.15) is 34.5 Å². The monoisotopic (exact) mass is 333 g/mol. The summed E-state index contributed by atoms with van der Waals surface area (Å²) in [7, 11) is 0. The van der Waals surface area contributed by atoms with Gasteiger partial charge in [0.25, 0.3) is 0 Å². The molecule has 0 fully saturated rings. The number of aliphatic hydroxyl groups excluding tert-OH is 1. The highest BCUT2D eigenvalue weighted by Gasteiger charge is 2.11. The Kier molecular flexibility index (Phi) is 6.16. The van der Waals surface area contributed by atoms with Crippen LogP contribution >= 0.6 is 11.6 Å². The molecule has 2 rings (SSSR count). The smallest absolute Gasteiger partial charge is 0.335 e. The molecule has 1 unspecified atom stereocenters. The summed E-state index contributed by atoms with van der Waals surface area (Å²) in [5, 5.41) is 22.9. The average Bonchev–Trinajstić information content (AvgIpc) is 2.53. The predicted octanol–water partition coefficient (Wildman–Crippen LogP) is 3.29. The molecule has 122 valence electrons.